The molecule has 0 amide bonds. The SMILES string of the molecule is Cc1cc(Br)c2nc(NN)[nH]c2c1. The molecule has 1 aromatic carbocycles. The van der Waals surface area contributed by atoms with Crippen LogP contribution in [-0.2, 0) is 0 Å². The van der Waals surface area contributed by atoms with Crippen LogP contribution < -0.4 is 11.3 Å². The quantitative estimate of drug-likeness (QED) is 0.527. The molecule has 13 heavy (non-hydrogen) atoms. The fourth-order valence-electron chi connectivity index (χ4n) is 1.28. The second-order valence-electron chi connectivity index (χ2n) is 2.87. The molecule has 0 bridgehead atoms. The molecule has 0 saturated heterocycles. The van der Waals surface area contributed by atoms with E-state index < -0.39 is 0 Å². The number of nitrogens with zero attached hydrogens (tertiary/aromatic N) is 1. The second-order valence-corrected chi connectivity index (χ2v) is 3.73. The number of hydrogen-bond acceptors (Lipinski definition) is 3. The molecule has 2 rings (SSSR count). The zero-order valence-corrected chi connectivity index (χ0v) is 8.64. The van der Waals surface area contributed by atoms with Crippen molar-refractivity contribution in [2.75, 3.05) is 5.43 Å². The average molecular weight is 241 g/mol. The number of anilines is 1. The molecule has 1 aromatic heterocycles. The van der Waals surface area contributed by atoms with Gasteiger partial charge in [-0.1, -0.05) is 0 Å². The summed E-state index contributed by atoms with van der Waals surface area (Å²) in [6, 6.07) is 4.04. The number of benzene rings is 1. The zero-order valence-electron chi connectivity index (χ0n) is 7.06. The Labute approximate surface area is 83.6 Å². The largest absolute Gasteiger partial charge is 0.323 e. The Balaban J connectivity index is 2.75. The number of nitrogens with one attached hydrogen (secondary N) is 2. The maximum atomic E-state index is 5.24. The summed E-state index contributed by atoms with van der Waals surface area (Å²) in [6.07, 6.45) is 0. The third-order valence-electron chi connectivity index (χ3n) is 1.82. The first-order chi connectivity index (χ1) is 6.20. The molecule has 2 aromatic rings. The van der Waals surface area contributed by atoms with E-state index in [0.717, 1.165) is 15.5 Å². The highest BCUT2D eigenvalue weighted by Gasteiger charge is 2.05. The van der Waals surface area contributed by atoms with Crippen molar-refractivity contribution in [3.05, 3.63) is 22.2 Å². The van der Waals surface area contributed by atoms with Crippen LogP contribution in [0.2, 0.25) is 0 Å². The van der Waals surface area contributed by atoms with Crippen LogP contribution in [0.1, 0.15) is 5.56 Å². The number of fused-ring (bicyclic) bond motifs is 1. The summed E-state index contributed by atoms with van der Waals surface area (Å²) in [5, 5.41) is 0. The maximum Gasteiger partial charge on any atom is 0.215 e. The van der Waals surface area contributed by atoms with Gasteiger partial charge in [0.1, 0.15) is 5.52 Å². The van der Waals surface area contributed by atoms with Gasteiger partial charge in [-0.05, 0) is 40.5 Å². The van der Waals surface area contributed by atoms with E-state index in [0.29, 0.717) is 5.95 Å². The van der Waals surface area contributed by atoms with Gasteiger partial charge in [0.25, 0.3) is 0 Å². The number of halogens is 1. The van der Waals surface area contributed by atoms with E-state index in [9.17, 15) is 0 Å². The minimum atomic E-state index is 0.571. The van der Waals surface area contributed by atoms with Gasteiger partial charge in [0.2, 0.25) is 5.95 Å². The number of nitrogens with two attached hydrogens (primary N) is 1. The molecular formula is C8H9BrN4. The predicted octanol–water partition coefficient (Wildman–Crippen LogP) is 1.92. The predicted molar refractivity (Wildman–Crippen MR) is 56.3 cm³/mol. The highest BCUT2D eigenvalue weighted by molar-refractivity contribution is 9.10. The minimum Gasteiger partial charge on any atom is -0.323 e. The summed E-state index contributed by atoms with van der Waals surface area (Å²) in [4.78, 5) is 7.28. The number of hydrogen-bond donors (Lipinski definition) is 3. The van der Waals surface area contributed by atoms with Gasteiger partial charge in [-0.25, -0.2) is 10.8 Å². The average Bonchev–Trinajstić information content (AvgIpc) is 2.47. The highest BCUT2D eigenvalue weighted by atomic mass is 79.9. The van der Waals surface area contributed by atoms with Gasteiger partial charge in [0.15, 0.2) is 0 Å². The first-order valence-electron chi connectivity index (χ1n) is 3.83. The topological polar surface area (TPSA) is 66.7 Å². The van der Waals surface area contributed by atoms with Gasteiger partial charge < -0.3 is 4.98 Å². The molecule has 0 radical (unpaired) electrons. The number of imidazole rings is 1. The Morgan fingerprint density at radius 3 is 3.00 bits per heavy atom. The van der Waals surface area contributed by atoms with Crippen molar-refractivity contribution >= 4 is 32.9 Å². The Kier molecular flexibility index (Phi) is 1.97. The van der Waals surface area contributed by atoms with Gasteiger partial charge in [-0.2, -0.15) is 0 Å². The molecule has 0 unspecified atom stereocenters. The molecule has 0 fully saturated rings. The lowest BCUT2D eigenvalue weighted by Crippen LogP contribution is -2.07. The lowest BCUT2D eigenvalue weighted by atomic mass is 10.2. The van der Waals surface area contributed by atoms with Gasteiger partial charge in [-0.15, -0.1) is 0 Å². The fourth-order valence-corrected chi connectivity index (χ4v) is 1.94. The summed E-state index contributed by atoms with van der Waals surface area (Å²) >= 11 is 3.44. The Morgan fingerprint density at radius 2 is 2.31 bits per heavy atom. The monoisotopic (exact) mass is 240 g/mol. The smallest absolute Gasteiger partial charge is 0.215 e. The molecule has 68 valence electrons. The van der Waals surface area contributed by atoms with Crippen LogP contribution in [0, 0.1) is 6.92 Å². The Hall–Kier alpha value is -1.07. The molecule has 1 heterocycles. The molecular weight excluding hydrogens is 232 g/mol. The number of rotatable bonds is 1. The Morgan fingerprint density at radius 1 is 1.54 bits per heavy atom. The first-order valence-corrected chi connectivity index (χ1v) is 4.62. The number of H-pyrrole nitrogens is 1. The molecule has 0 aliphatic rings. The summed E-state index contributed by atoms with van der Waals surface area (Å²) in [6.45, 7) is 2.03. The van der Waals surface area contributed by atoms with Crippen molar-refractivity contribution in [1.82, 2.24) is 9.97 Å². The number of aromatic nitrogens is 2. The van der Waals surface area contributed by atoms with Crippen LogP contribution in [0.4, 0.5) is 5.95 Å². The van der Waals surface area contributed by atoms with E-state index in [1.54, 1.807) is 0 Å². The van der Waals surface area contributed by atoms with Crippen LogP contribution in [0.3, 0.4) is 0 Å². The van der Waals surface area contributed by atoms with Crippen molar-refractivity contribution in [3.63, 3.8) is 0 Å². The number of aryl methyl sites for hydroxylation is 1. The molecule has 5 heteroatoms. The van der Waals surface area contributed by atoms with Crippen molar-refractivity contribution in [2.45, 2.75) is 6.92 Å². The molecule has 0 aliphatic carbocycles. The summed E-state index contributed by atoms with van der Waals surface area (Å²) in [7, 11) is 0. The van der Waals surface area contributed by atoms with Crippen molar-refractivity contribution < 1.29 is 0 Å². The summed E-state index contributed by atoms with van der Waals surface area (Å²) in [5.41, 5.74) is 5.51. The van der Waals surface area contributed by atoms with E-state index in [-0.39, 0.29) is 0 Å². The minimum absolute atomic E-state index is 0.571. The summed E-state index contributed by atoms with van der Waals surface area (Å²) in [5.74, 6) is 5.81. The van der Waals surface area contributed by atoms with Crippen LogP contribution in [0.5, 0.6) is 0 Å². The third kappa shape index (κ3) is 1.40. The lowest BCUT2D eigenvalue weighted by molar-refractivity contribution is 1.21. The van der Waals surface area contributed by atoms with Crippen molar-refractivity contribution in [1.29, 1.82) is 0 Å². The highest BCUT2D eigenvalue weighted by Crippen LogP contribution is 2.24. The fraction of sp³-hybridized carbons (Fsp3) is 0.125. The van der Waals surface area contributed by atoms with E-state index in [1.165, 1.54) is 5.56 Å². The molecule has 0 spiro atoms. The molecule has 4 nitrogen and oxygen atoms in total. The third-order valence-corrected chi connectivity index (χ3v) is 2.43. The number of hydrazine groups is 1. The molecule has 4 N–H and O–H groups in total. The molecule has 0 atom stereocenters. The van der Waals surface area contributed by atoms with Crippen LogP contribution in [0.15, 0.2) is 16.6 Å². The van der Waals surface area contributed by atoms with Crippen molar-refractivity contribution in [3.8, 4) is 0 Å². The standard InChI is InChI=1S/C8H9BrN4/c1-4-2-5(9)7-6(3-4)11-8(12-7)13-10/h2-3H,10H2,1H3,(H2,11,12,13). The molecule has 0 saturated carbocycles. The normalized spacial score (nSPS) is 10.7. The maximum absolute atomic E-state index is 5.24. The van der Waals surface area contributed by atoms with E-state index in [4.69, 9.17) is 5.84 Å². The van der Waals surface area contributed by atoms with E-state index in [1.807, 2.05) is 19.1 Å². The van der Waals surface area contributed by atoms with Gasteiger partial charge in [0.05, 0.1) is 5.52 Å². The van der Waals surface area contributed by atoms with Gasteiger partial charge in [-0.3, -0.25) is 5.43 Å². The van der Waals surface area contributed by atoms with Gasteiger partial charge >= 0.3 is 0 Å². The lowest BCUT2D eigenvalue weighted by Gasteiger charge is -1.94. The van der Waals surface area contributed by atoms with Crippen LogP contribution in [-0.4, -0.2) is 9.97 Å². The van der Waals surface area contributed by atoms with Crippen LogP contribution >= 0.6 is 15.9 Å². The van der Waals surface area contributed by atoms with Gasteiger partial charge in [0, 0.05) is 4.47 Å². The summed E-state index contributed by atoms with van der Waals surface area (Å²) < 4.78 is 0.972. The first kappa shape index (κ1) is 8.52. The Bertz CT molecular complexity index is 449. The number of aromatic amines is 1. The molecule has 0 aliphatic heterocycles. The van der Waals surface area contributed by atoms with E-state index >= 15 is 0 Å². The number of nitrogen functional groups attached to an aromatic ring is 1. The van der Waals surface area contributed by atoms with E-state index in [2.05, 4.69) is 31.3 Å². The zero-order chi connectivity index (χ0) is 9.42. The second kappa shape index (κ2) is 3.01. The van der Waals surface area contributed by atoms with Crippen LogP contribution in [0.25, 0.3) is 11.0 Å². The van der Waals surface area contributed by atoms with Crippen molar-refractivity contribution in [2.24, 2.45) is 5.84 Å².